The van der Waals surface area contributed by atoms with Gasteiger partial charge in [0.2, 0.25) is 0 Å². The van der Waals surface area contributed by atoms with Crippen molar-refractivity contribution in [2.24, 2.45) is 5.92 Å². The first-order valence-corrected chi connectivity index (χ1v) is 2.45. The Morgan fingerprint density at radius 2 is 2.00 bits per heavy atom. The molecule has 0 aromatic rings. The van der Waals surface area contributed by atoms with E-state index >= 15 is 0 Å². The molecule has 0 fully saturated rings. The van der Waals surface area contributed by atoms with E-state index in [0.717, 1.165) is 5.57 Å². The van der Waals surface area contributed by atoms with Crippen LogP contribution >= 0.6 is 0 Å². The fourth-order valence-corrected chi connectivity index (χ4v) is 0.126. The Morgan fingerprint density at radius 1 is 1.57 bits per heavy atom. The Kier molecular flexibility index (Phi) is 2.65. The number of rotatable bonds is 1. The van der Waals surface area contributed by atoms with E-state index in [0.29, 0.717) is 12.2 Å². The molecule has 42 valence electrons. The van der Waals surface area contributed by atoms with Crippen LogP contribution in [-0.4, -0.2) is 0 Å². The molecule has 0 bridgehead atoms. The molecule has 0 aliphatic heterocycles. The summed E-state index contributed by atoms with van der Waals surface area (Å²) in [5.41, 5.74) is 0.806. The first-order valence-electron chi connectivity index (χ1n) is 2.45. The summed E-state index contributed by atoms with van der Waals surface area (Å²) >= 11 is 0. The summed E-state index contributed by atoms with van der Waals surface area (Å²) in [6.45, 7) is 5.71. The van der Waals surface area contributed by atoms with Gasteiger partial charge in [0.1, 0.15) is 0 Å². The van der Waals surface area contributed by atoms with E-state index in [1.54, 1.807) is 6.92 Å². The van der Waals surface area contributed by atoms with Gasteiger partial charge in [-0.15, -0.1) is 0 Å². The van der Waals surface area contributed by atoms with Crippen LogP contribution in [0.2, 0.25) is 0 Å². The van der Waals surface area contributed by atoms with Crippen LogP contribution in [0.1, 0.15) is 20.8 Å². The van der Waals surface area contributed by atoms with Crippen LogP contribution < -0.4 is 0 Å². The van der Waals surface area contributed by atoms with Gasteiger partial charge in [0.05, 0.1) is 6.33 Å². The van der Waals surface area contributed by atoms with Crippen molar-refractivity contribution in [3.63, 3.8) is 0 Å². The van der Waals surface area contributed by atoms with Crippen LogP contribution in [0.25, 0.3) is 0 Å². The van der Waals surface area contributed by atoms with Crippen molar-refractivity contribution >= 4 is 0 Å². The van der Waals surface area contributed by atoms with Gasteiger partial charge in [-0.2, -0.15) is 0 Å². The van der Waals surface area contributed by atoms with Gasteiger partial charge in [-0.3, -0.25) is 0 Å². The predicted octanol–water partition coefficient (Wildman–Crippen LogP) is 2.52. The third-order valence-electron chi connectivity index (χ3n) is 1.08. The normalized spacial score (nSPS) is 13.0. The maximum Gasteiger partial charge on any atom is 0.0858 e. The summed E-state index contributed by atoms with van der Waals surface area (Å²) in [5, 5.41) is 0. The maximum atomic E-state index is 11.5. The van der Waals surface area contributed by atoms with Crippen molar-refractivity contribution in [3.05, 3.63) is 11.9 Å². The number of allylic oxidation sites excluding steroid dienone is 1. The smallest absolute Gasteiger partial charge is 0.0858 e. The van der Waals surface area contributed by atoms with E-state index < -0.39 is 0 Å². The molecule has 0 amide bonds. The molecular weight excluding hydrogens is 91.1 g/mol. The molecule has 0 saturated heterocycles. The van der Waals surface area contributed by atoms with Crippen LogP contribution in [0.3, 0.4) is 0 Å². The zero-order valence-electron chi connectivity index (χ0n) is 5.03. The second kappa shape index (κ2) is 2.78. The van der Waals surface area contributed by atoms with E-state index in [1.807, 2.05) is 13.8 Å². The molecule has 0 aromatic heterocycles. The molecule has 0 spiro atoms. The minimum Gasteiger partial charge on any atom is -0.216 e. The predicted molar refractivity (Wildman–Crippen MR) is 29.7 cm³/mol. The lowest BCUT2D eigenvalue weighted by Gasteiger charge is -1.98. The molecule has 0 atom stereocenters. The summed E-state index contributed by atoms with van der Waals surface area (Å²) in [5.74, 6) is 0.352. The molecule has 0 heterocycles. The molecule has 0 aliphatic rings. The van der Waals surface area contributed by atoms with Crippen LogP contribution in [0.15, 0.2) is 11.9 Å². The van der Waals surface area contributed by atoms with Gasteiger partial charge in [0.15, 0.2) is 0 Å². The van der Waals surface area contributed by atoms with Crippen molar-refractivity contribution in [1.29, 1.82) is 0 Å². The molecular formula is C6H11F. The average Bonchev–Trinajstić information content (AvgIpc) is 1.65. The molecule has 0 saturated carbocycles. The molecule has 7 heavy (non-hydrogen) atoms. The quantitative estimate of drug-likeness (QED) is 0.477. The standard InChI is InChI=1S/C6H11F/c1-5(2)6(3)4-7/h4-5H,1-3H3/b6-4-. The lowest BCUT2D eigenvalue weighted by atomic mass is 10.1. The summed E-state index contributed by atoms with van der Waals surface area (Å²) in [6, 6.07) is 0. The Balaban J connectivity index is 3.56. The molecule has 0 rings (SSSR count). The van der Waals surface area contributed by atoms with E-state index in [4.69, 9.17) is 0 Å². The highest BCUT2D eigenvalue weighted by atomic mass is 19.1. The van der Waals surface area contributed by atoms with Gasteiger partial charge >= 0.3 is 0 Å². The van der Waals surface area contributed by atoms with Gasteiger partial charge in [-0.05, 0) is 18.4 Å². The maximum absolute atomic E-state index is 11.5. The largest absolute Gasteiger partial charge is 0.216 e. The monoisotopic (exact) mass is 102 g/mol. The Morgan fingerprint density at radius 3 is 2.00 bits per heavy atom. The van der Waals surface area contributed by atoms with Crippen molar-refractivity contribution in [1.82, 2.24) is 0 Å². The molecule has 0 aliphatic carbocycles. The van der Waals surface area contributed by atoms with Crippen molar-refractivity contribution in [2.45, 2.75) is 20.8 Å². The highest BCUT2D eigenvalue weighted by molar-refractivity contribution is 4.94. The first kappa shape index (κ1) is 6.67. The van der Waals surface area contributed by atoms with Gasteiger partial charge in [-0.1, -0.05) is 13.8 Å². The summed E-state index contributed by atoms with van der Waals surface area (Å²) in [6.07, 6.45) is 0.657. The SMILES string of the molecule is C/C(=C/F)C(C)C. The highest BCUT2D eigenvalue weighted by Gasteiger charge is 1.92. The van der Waals surface area contributed by atoms with Crippen LogP contribution in [0.4, 0.5) is 4.39 Å². The Hall–Kier alpha value is -0.330. The van der Waals surface area contributed by atoms with Gasteiger partial charge < -0.3 is 0 Å². The molecule has 0 unspecified atom stereocenters. The zero-order valence-corrected chi connectivity index (χ0v) is 5.03. The van der Waals surface area contributed by atoms with Crippen molar-refractivity contribution in [2.75, 3.05) is 0 Å². The van der Waals surface area contributed by atoms with Gasteiger partial charge in [-0.25, -0.2) is 4.39 Å². The summed E-state index contributed by atoms with van der Waals surface area (Å²) in [7, 11) is 0. The first-order chi connectivity index (χ1) is 3.18. The lowest BCUT2D eigenvalue weighted by Crippen LogP contribution is -1.85. The molecule has 0 radical (unpaired) electrons. The van der Waals surface area contributed by atoms with Crippen molar-refractivity contribution < 1.29 is 4.39 Å². The second-order valence-corrected chi connectivity index (χ2v) is 2.01. The molecule has 1 heteroatoms. The van der Waals surface area contributed by atoms with Gasteiger partial charge in [0.25, 0.3) is 0 Å². The molecule has 0 N–H and O–H groups in total. The average molecular weight is 102 g/mol. The zero-order chi connectivity index (χ0) is 5.86. The fourth-order valence-electron chi connectivity index (χ4n) is 0.126. The van der Waals surface area contributed by atoms with Crippen LogP contribution in [0.5, 0.6) is 0 Å². The Bertz CT molecular complexity index is 72.2. The third kappa shape index (κ3) is 2.38. The van der Waals surface area contributed by atoms with E-state index in [1.165, 1.54) is 0 Å². The summed E-state index contributed by atoms with van der Waals surface area (Å²) in [4.78, 5) is 0. The number of hydrogen-bond acceptors (Lipinski definition) is 0. The molecule has 0 aromatic carbocycles. The second-order valence-electron chi connectivity index (χ2n) is 2.01. The van der Waals surface area contributed by atoms with Crippen LogP contribution in [0, 0.1) is 5.92 Å². The molecule has 0 nitrogen and oxygen atoms in total. The van der Waals surface area contributed by atoms with Gasteiger partial charge in [0, 0.05) is 0 Å². The third-order valence-corrected chi connectivity index (χ3v) is 1.08. The summed E-state index contributed by atoms with van der Waals surface area (Å²) < 4.78 is 11.5. The fraction of sp³-hybridized carbons (Fsp3) is 0.667. The highest BCUT2D eigenvalue weighted by Crippen LogP contribution is 2.06. The lowest BCUT2D eigenvalue weighted by molar-refractivity contribution is 0.665. The minimum absolute atomic E-state index is 0.352. The van der Waals surface area contributed by atoms with E-state index in [2.05, 4.69) is 0 Å². The van der Waals surface area contributed by atoms with Crippen molar-refractivity contribution in [3.8, 4) is 0 Å². The minimum atomic E-state index is 0.352. The number of hydrogen-bond donors (Lipinski definition) is 0. The van der Waals surface area contributed by atoms with E-state index in [9.17, 15) is 4.39 Å². The topological polar surface area (TPSA) is 0 Å². The number of halogens is 1. The Labute approximate surface area is 44.0 Å². The van der Waals surface area contributed by atoms with E-state index in [-0.39, 0.29) is 0 Å². The van der Waals surface area contributed by atoms with Crippen LogP contribution in [-0.2, 0) is 0 Å².